The van der Waals surface area contributed by atoms with Crippen molar-refractivity contribution in [1.82, 2.24) is 14.9 Å². The number of benzene rings is 1. The molecule has 9 heteroatoms. The highest BCUT2D eigenvalue weighted by Gasteiger charge is 2.36. The Morgan fingerprint density at radius 1 is 1.18 bits per heavy atom. The van der Waals surface area contributed by atoms with Gasteiger partial charge in [0.25, 0.3) is 0 Å². The van der Waals surface area contributed by atoms with Gasteiger partial charge in [-0.05, 0) is 57.9 Å². The fourth-order valence-electron chi connectivity index (χ4n) is 3.58. The van der Waals surface area contributed by atoms with E-state index in [9.17, 15) is 14.4 Å². The number of H-pyrrole nitrogens is 1. The summed E-state index contributed by atoms with van der Waals surface area (Å²) in [5, 5.41) is 9.52. The Hall–Kier alpha value is -3.88. The summed E-state index contributed by atoms with van der Waals surface area (Å²) in [5.74, 6) is -0.250. The Bertz CT molecular complexity index is 1220. The van der Waals surface area contributed by atoms with E-state index in [4.69, 9.17) is 14.6 Å². The summed E-state index contributed by atoms with van der Waals surface area (Å²) in [6.45, 7) is 5.75. The van der Waals surface area contributed by atoms with E-state index in [2.05, 4.69) is 9.97 Å². The summed E-state index contributed by atoms with van der Waals surface area (Å²) in [6.07, 6.45) is 2.39. The number of hydrogen-bond donors (Lipinski definition) is 2. The Labute approximate surface area is 197 Å². The number of aromatic nitrogens is 2. The average molecular weight is 468 g/mol. The summed E-state index contributed by atoms with van der Waals surface area (Å²) in [7, 11) is 1.60. The van der Waals surface area contributed by atoms with E-state index in [0.29, 0.717) is 29.8 Å². The fourth-order valence-corrected chi connectivity index (χ4v) is 3.58. The number of aliphatic carboxylic acids is 1. The largest absolute Gasteiger partial charge is 0.497 e. The van der Waals surface area contributed by atoms with Crippen molar-refractivity contribution in [3.05, 3.63) is 58.9 Å². The molecule has 0 saturated carbocycles. The van der Waals surface area contributed by atoms with Crippen LogP contribution in [0.3, 0.4) is 0 Å². The van der Waals surface area contributed by atoms with Gasteiger partial charge in [0.1, 0.15) is 17.4 Å². The van der Waals surface area contributed by atoms with Gasteiger partial charge in [-0.15, -0.1) is 0 Å². The molecule has 180 valence electrons. The number of nitrogens with zero attached hydrogens (tertiary/aromatic N) is 2. The van der Waals surface area contributed by atoms with Crippen LogP contribution in [0.4, 0.5) is 4.79 Å². The van der Waals surface area contributed by atoms with Crippen molar-refractivity contribution in [2.24, 2.45) is 0 Å². The molecule has 0 aliphatic carbocycles. The van der Waals surface area contributed by atoms with Gasteiger partial charge in [0.2, 0.25) is 0 Å². The molecule has 3 heterocycles. The number of rotatable bonds is 3. The highest BCUT2D eigenvalue weighted by Crippen LogP contribution is 2.21. The predicted molar refractivity (Wildman–Crippen MR) is 128 cm³/mol. The van der Waals surface area contributed by atoms with Gasteiger partial charge in [-0.3, -0.25) is 14.7 Å². The molecule has 34 heavy (non-hydrogen) atoms. The minimum Gasteiger partial charge on any atom is -0.497 e. The second-order valence-electron chi connectivity index (χ2n) is 8.84. The molecule has 3 aromatic rings. The highest BCUT2D eigenvalue weighted by atomic mass is 16.6. The van der Waals surface area contributed by atoms with Crippen LogP contribution in [-0.2, 0) is 9.53 Å². The summed E-state index contributed by atoms with van der Waals surface area (Å²) in [4.78, 5) is 43.3. The van der Waals surface area contributed by atoms with Crippen molar-refractivity contribution in [3.8, 4) is 17.1 Å². The molecule has 1 aromatic carbocycles. The standard InChI is InChI=1S/C15H12N2O2.C10H17NO4/c1-19-10-5-6-11-13(8-10)17-14(9-15(11)18)12-4-2-3-7-16-12;1-10(2,3)15-9(14)11-6-4-5-7(11)8(12)13/h2-9H,1H3,(H,17,18);7H,4-6H2,1-3H3,(H,12,13). The summed E-state index contributed by atoms with van der Waals surface area (Å²) < 4.78 is 10.3. The molecule has 1 aliphatic rings. The molecule has 2 aromatic heterocycles. The molecule has 0 spiro atoms. The number of nitrogens with one attached hydrogen (secondary N) is 1. The van der Waals surface area contributed by atoms with E-state index in [1.54, 1.807) is 52.3 Å². The van der Waals surface area contributed by atoms with Gasteiger partial charge in [-0.25, -0.2) is 9.59 Å². The van der Waals surface area contributed by atoms with E-state index in [-0.39, 0.29) is 5.43 Å². The Morgan fingerprint density at radius 2 is 1.94 bits per heavy atom. The number of fused-ring (bicyclic) bond motifs is 1. The second-order valence-corrected chi connectivity index (χ2v) is 8.84. The minimum atomic E-state index is -0.960. The maximum Gasteiger partial charge on any atom is 0.411 e. The first kappa shape index (κ1) is 24.8. The van der Waals surface area contributed by atoms with Crippen LogP contribution in [0.2, 0.25) is 0 Å². The number of carboxylic acids is 1. The van der Waals surface area contributed by atoms with Crippen LogP contribution in [-0.4, -0.2) is 57.3 Å². The second kappa shape index (κ2) is 10.4. The zero-order chi connectivity index (χ0) is 24.9. The third-order valence-electron chi connectivity index (χ3n) is 5.14. The number of aromatic amines is 1. The van der Waals surface area contributed by atoms with Crippen LogP contribution in [0.1, 0.15) is 33.6 Å². The van der Waals surface area contributed by atoms with E-state index in [1.807, 2.05) is 24.3 Å². The topological polar surface area (TPSA) is 122 Å². The monoisotopic (exact) mass is 467 g/mol. The summed E-state index contributed by atoms with van der Waals surface area (Å²) in [5.41, 5.74) is 1.57. The third-order valence-corrected chi connectivity index (χ3v) is 5.14. The first-order valence-corrected chi connectivity index (χ1v) is 10.9. The lowest BCUT2D eigenvalue weighted by Crippen LogP contribution is -2.43. The molecular weight excluding hydrogens is 438 g/mol. The van der Waals surface area contributed by atoms with Crippen molar-refractivity contribution in [2.75, 3.05) is 13.7 Å². The van der Waals surface area contributed by atoms with Crippen LogP contribution in [0.25, 0.3) is 22.3 Å². The van der Waals surface area contributed by atoms with Crippen LogP contribution < -0.4 is 10.2 Å². The van der Waals surface area contributed by atoms with Gasteiger partial charge in [0.15, 0.2) is 5.43 Å². The molecule has 1 fully saturated rings. The molecular formula is C25H29N3O6. The van der Waals surface area contributed by atoms with Gasteiger partial charge in [0.05, 0.1) is 24.0 Å². The Balaban J connectivity index is 0.000000197. The zero-order valence-corrected chi connectivity index (χ0v) is 19.7. The van der Waals surface area contributed by atoms with Gasteiger partial charge in [0, 0.05) is 30.3 Å². The lowest BCUT2D eigenvalue weighted by atomic mass is 10.1. The number of amides is 1. The maximum absolute atomic E-state index is 12.1. The molecule has 9 nitrogen and oxygen atoms in total. The smallest absolute Gasteiger partial charge is 0.411 e. The van der Waals surface area contributed by atoms with Gasteiger partial charge in [-0.2, -0.15) is 0 Å². The molecule has 1 saturated heterocycles. The number of methoxy groups -OCH3 is 1. The van der Waals surface area contributed by atoms with Gasteiger partial charge < -0.3 is 19.6 Å². The first-order valence-electron chi connectivity index (χ1n) is 10.9. The van der Waals surface area contributed by atoms with Crippen molar-refractivity contribution in [3.63, 3.8) is 0 Å². The summed E-state index contributed by atoms with van der Waals surface area (Å²) >= 11 is 0. The van der Waals surface area contributed by atoms with Gasteiger partial charge in [-0.1, -0.05) is 6.07 Å². The fraction of sp³-hybridized carbons (Fsp3) is 0.360. The lowest BCUT2D eigenvalue weighted by Gasteiger charge is -2.26. The molecule has 2 N–H and O–H groups in total. The number of carbonyl (C=O) groups excluding carboxylic acids is 1. The zero-order valence-electron chi connectivity index (χ0n) is 19.7. The van der Waals surface area contributed by atoms with Crippen LogP contribution in [0.5, 0.6) is 5.75 Å². The number of ether oxygens (including phenoxy) is 2. The van der Waals surface area contributed by atoms with Crippen LogP contribution in [0.15, 0.2) is 53.5 Å². The average Bonchev–Trinajstić information content (AvgIpc) is 3.29. The number of pyridine rings is 2. The van der Waals surface area contributed by atoms with E-state index >= 15 is 0 Å². The Morgan fingerprint density at radius 3 is 2.56 bits per heavy atom. The predicted octanol–water partition coefficient (Wildman–Crippen LogP) is 4.07. The first-order chi connectivity index (χ1) is 16.1. The van der Waals surface area contributed by atoms with Crippen molar-refractivity contribution < 1.29 is 24.2 Å². The number of likely N-dealkylation sites (tertiary alicyclic amines) is 1. The SMILES string of the molecule is CC(C)(C)OC(=O)N1CCCC1C(=O)O.COc1ccc2c(=O)cc(-c3ccccn3)[nH]c2c1. The van der Waals surface area contributed by atoms with Gasteiger partial charge >= 0.3 is 12.1 Å². The van der Waals surface area contributed by atoms with Crippen LogP contribution in [0, 0.1) is 0 Å². The molecule has 1 unspecified atom stereocenters. The highest BCUT2D eigenvalue weighted by molar-refractivity contribution is 5.82. The van der Waals surface area contributed by atoms with Crippen molar-refractivity contribution in [2.45, 2.75) is 45.3 Å². The lowest BCUT2D eigenvalue weighted by molar-refractivity contribution is -0.142. The molecule has 1 amide bonds. The van der Waals surface area contributed by atoms with E-state index in [0.717, 1.165) is 17.6 Å². The van der Waals surface area contributed by atoms with Crippen molar-refractivity contribution in [1.29, 1.82) is 0 Å². The third kappa shape index (κ3) is 6.12. The maximum atomic E-state index is 12.1. The number of hydrogen-bond acceptors (Lipinski definition) is 6. The molecule has 0 bridgehead atoms. The van der Waals surface area contributed by atoms with E-state index < -0.39 is 23.7 Å². The molecule has 1 atom stereocenters. The molecule has 0 radical (unpaired) electrons. The van der Waals surface area contributed by atoms with Crippen molar-refractivity contribution >= 4 is 23.0 Å². The van der Waals surface area contributed by atoms with E-state index in [1.165, 1.54) is 4.90 Å². The molecule has 4 rings (SSSR count). The normalized spacial score (nSPS) is 15.4. The number of carboxylic acid groups (broad SMARTS) is 1. The minimum absolute atomic E-state index is 0.0305. The number of carbonyl (C=O) groups is 2. The summed E-state index contributed by atoms with van der Waals surface area (Å²) in [6, 6.07) is 11.8. The quantitative estimate of drug-likeness (QED) is 0.595. The Kier molecular flexibility index (Phi) is 7.55. The molecule has 1 aliphatic heterocycles. The van der Waals surface area contributed by atoms with Crippen LogP contribution >= 0.6 is 0 Å².